The molecule has 1 amide bonds. The lowest BCUT2D eigenvalue weighted by Gasteiger charge is -2.35. The van der Waals surface area contributed by atoms with E-state index < -0.39 is 0 Å². The van der Waals surface area contributed by atoms with Crippen molar-refractivity contribution in [2.75, 3.05) is 56.2 Å². The van der Waals surface area contributed by atoms with Crippen LogP contribution >= 0.6 is 0 Å². The van der Waals surface area contributed by atoms with Gasteiger partial charge in [-0.2, -0.15) is 4.98 Å². The van der Waals surface area contributed by atoms with Crippen LogP contribution < -0.4 is 14.5 Å². The van der Waals surface area contributed by atoms with E-state index in [2.05, 4.69) is 20.9 Å². The number of ether oxygens (including phenoxy) is 1. The Morgan fingerprint density at radius 1 is 0.967 bits per heavy atom. The van der Waals surface area contributed by atoms with Gasteiger partial charge in [-0.1, -0.05) is 12.1 Å². The van der Waals surface area contributed by atoms with Crippen molar-refractivity contribution < 1.29 is 9.53 Å². The Kier molecular flexibility index (Phi) is 6.35. The van der Waals surface area contributed by atoms with Crippen molar-refractivity contribution in [3.8, 4) is 5.75 Å². The SMILES string of the molecule is COc1ccc(CCC(=O)N2CCN(c3nc(C)cc(N4CCCC4)n3)CC2)cc1. The van der Waals surface area contributed by atoms with Gasteiger partial charge in [0.1, 0.15) is 11.6 Å². The Bertz CT molecular complexity index is 856. The summed E-state index contributed by atoms with van der Waals surface area (Å²) in [6.45, 7) is 7.17. The van der Waals surface area contributed by atoms with E-state index in [1.807, 2.05) is 36.1 Å². The third-order valence-electron chi connectivity index (χ3n) is 5.96. The number of rotatable bonds is 6. The number of methoxy groups -OCH3 is 1. The van der Waals surface area contributed by atoms with Crippen LogP contribution in [-0.4, -0.2) is 67.2 Å². The van der Waals surface area contributed by atoms with Gasteiger partial charge in [-0.25, -0.2) is 4.98 Å². The van der Waals surface area contributed by atoms with Crippen molar-refractivity contribution in [3.05, 3.63) is 41.6 Å². The van der Waals surface area contributed by atoms with Crippen LogP contribution in [-0.2, 0) is 11.2 Å². The molecule has 3 heterocycles. The van der Waals surface area contributed by atoms with Gasteiger partial charge in [0, 0.05) is 57.4 Å². The van der Waals surface area contributed by atoms with Crippen LogP contribution in [0.25, 0.3) is 0 Å². The van der Waals surface area contributed by atoms with E-state index >= 15 is 0 Å². The molecule has 30 heavy (non-hydrogen) atoms. The molecule has 0 N–H and O–H groups in total. The molecule has 0 aliphatic carbocycles. The number of hydrogen-bond donors (Lipinski definition) is 0. The Labute approximate surface area is 178 Å². The average Bonchev–Trinajstić information content (AvgIpc) is 3.33. The van der Waals surface area contributed by atoms with Crippen molar-refractivity contribution in [2.24, 2.45) is 0 Å². The standard InChI is InChI=1S/C23H31N5O2/c1-18-17-21(26-11-3-4-12-26)25-23(24-18)28-15-13-27(14-16-28)22(29)10-7-19-5-8-20(30-2)9-6-19/h5-6,8-9,17H,3-4,7,10-16H2,1-2H3. The molecule has 0 spiro atoms. The summed E-state index contributed by atoms with van der Waals surface area (Å²) >= 11 is 0. The summed E-state index contributed by atoms with van der Waals surface area (Å²) in [5.74, 6) is 2.89. The number of carbonyl (C=O) groups is 1. The molecule has 2 saturated heterocycles. The minimum Gasteiger partial charge on any atom is -0.497 e. The number of benzene rings is 1. The lowest BCUT2D eigenvalue weighted by atomic mass is 10.1. The topological polar surface area (TPSA) is 61.8 Å². The number of amides is 1. The summed E-state index contributed by atoms with van der Waals surface area (Å²) < 4.78 is 5.19. The molecule has 0 atom stereocenters. The van der Waals surface area contributed by atoms with Crippen molar-refractivity contribution >= 4 is 17.7 Å². The molecular formula is C23H31N5O2. The molecule has 2 fully saturated rings. The molecule has 160 valence electrons. The van der Waals surface area contributed by atoms with E-state index in [0.717, 1.165) is 74.5 Å². The van der Waals surface area contributed by atoms with Crippen LogP contribution in [0.5, 0.6) is 5.75 Å². The summed E-state index contributed by atoms with van der Waals surface area (Å²) in [6.07, 6.45) is 3.75. The minimum atomic E-state index is 0.216. The minimum absolute atomic E-state index is 0.216. The first-order valence-corrected chi connectivity index (χ1v) is 10.9. The Morgan fingerprint density at radius 3 is 2.33 bits per heavy atom. The highest BCUT2D eigenvalue weighted by molar-refractivity contribution is 5.76. The molecular weight excluding hydrogens is 378 g/mol. The third kappa shape index (κ3) is 4.83. The maximum Gasteiger partial charge on any atom is 0.227 e. The van der Waals surface area contributed by atoms with Gasteiger partial charge in [0.2, 0.25) is 11.9 Å². The van der Waals surface area contributed by atoms with Gasteiger partial charge in [-0.15, -0.1) is 0 Å². The zero-order valence-corrected chi connectivity index (χ0v) is 18.0. The summed E-state index contributed by atoms with van der Waals surface area (Å²) in [4.78, 5) is 28.7. The molecule has 7 nitrogen and oxygen atoms in total. The molecule has 1 aromatic carbocycles. The highest BCUT2D eigenvalue weighted by Crippen LogP contribution is 2.22. The van der Waals surface area contributed by atoms with Crippen LogP contribution in [0.4, 0.5) is 11.8 Å². The Morgan fingerprint density at radius 2 is 1.67 bits per heavy atom. The van der Waals surface area contributed by atoms with Crippen molar-refractivity contribution in [1.82, 2.24) is 14.9 Å². The van der Waals surface area contributed by atoms with Gasteiger partial charge >= 0.3 is 0 Å². The van der Waals surface area contributed by atoms with Crippen LogP contribution in [0, 0.1) is 6.92 Å². The predicted molar refractivity (Wildman–Crippen MR) is 118 cm³/mol. The summed E-state index contributed by atoms with van der Waals surface area (Å²) in [7, 11) is 1.66. The highest BCUT2D eigenvalue weighted by Gasteiger charge is 2.24. The summed E-state index contributed by atoms with van der Waals surface area (Å²) in [5, 5.41) is 0. The molecule has 1 aromatic heterocycles. The lowest BCUT2D eigenvalue weighted by molar-refractivity contribution is -0.131. The van der Waals surface area contributed by atoms with Gasteiger partial charge in [0.25, 0.3) is 0 Å². The molecule has 0 saturated carbocycles. The molecule has 2 aliphatic heterocycles. The summed E-state index contributed by atoms with van der Waals surface area (Å²) in [5.41, 5.74) is 2.16. The van der Waals surface area contributed by atoms with Crippen molar-refractivity contribution in [2.45, 2.75) is 32.6 Å². The highest BCUT2D eigenvalue weighted by atomic mass is 16.5. The molecule has 2 aliphatic rings. The fourth-order valence-corrected chi connectivity index (χ4v) is 4.14. The van der Waals surface area contributed by atoms with Crippen LogP contribution in [0.2, 0.25) is 0 Å². The second kappa shape index (κ2) is 9.32. The predicted octanol–water partition coefficient (Wildman–Crippen LogP) is 2.68. The molecule has 0 unspecified atom stereocenters. The average molecular weight is 410 g/mol. The third-order valence-corrected chi connectivity index (χ3v) is 5.96. The van der Waals surface area contributed by atoms with E-state index in [4.69, 9.17) is 9.72 Å². The smallest absolute Gasteiger partial charge is 0.227 e. The maximum atomic E-state index is 12.7. The first kappa shape index (κ1) is 20.4. The number of aryl methyl sites for hydroxylation is 2. The quantitative estimate of drug-likeness (QED) is 0.731. The van der Waals surface area contributed by atoms with Gasteiger partial charge in [0.15, 0.2) is 0 Å². The van der Waals surface area contributed by atoms with Crippen LogP contribution in [0.1, 0.15) is 30.5 Å². The Hall–Kier alpha value is -2.83. The molecule has 7 heteroatoms. The number of aromatic nitrogens is 2. The van der Waals surface area contributed by atoms with E-state index in [-0.39, 0.29) is 5.91 Å². The second-order valence-electron chi connectivity index (χ2n) is 8.08. The van der Waals surface area contributed by atoms with E-state index in [0.29, 0.717) is 6.42 Å². The first-order chi connectivity index (χ1) is 14.6. The van der Waals surface area contributed by atoms with Gasteiger partial charge < -0.3 is 19.4 Å². The number of hydrogen-bond acceptors (Lipinski definition) is 6. The van der Waals surface area contributed by atoms with Crippen LogP contribution in [0.3, 0.4) is 0 Å². The molecule has 2 aromatic rings. The monoisotopic (exact) mass is 409 g/mol. The fourth-order valence-electron chi connectivity index (χ4n) is 4.14. The molecule has 0 radical (unpaired) electrons. The lowest BCUT2D eigenvalue weighted by Crippen LogP contribution is -2.49. The number of nitrogens with zero attached hydrogens (tertiary/aromatic N) is 5. The van der Waals surface area contributed by atoms with E-state index in [1.165, 1.54) is 12.8 Å². The molecule has 0 bridgehead atoms. The van der Waals surface area contributed by atoms with Crippen molar-refractivity contribution in [3.63, 3.8) is 0 Å². The largest absolute Gasteiger partial charge is 0.497 e. The number of carbonyl (C=O) groups excluding carboxylic acids is 1. The van der Waals surface area contributed by atoms with E-state index in [9.17, 15) is 4.79 Å². The van der Waals surface area contributed by atoms with E-state index in [1.54, 1.807) is 7.11 Å². The fraction of sp³-hybridized carbons (Fsp3) is 0.522. The van der Waals surface area contributed by atoms with Gasteiger partial charge in [-0.05, 0) is 43.9 Å². The Balaban J connectivity index is 1.30. The first-order valence-electron chi connectivity index (χ1n) is 10.9. The zero-order chi connectivity index (χ0) is 20.9. The van der Waals surface area contributed by atoms with Gasteiger partial charge in [-0.3, -0.25) is 4.79 Å². The maximum absolute atomic E-state index is 12.7. The number of piperazine rings is 1. The van der Waals surface area contributed by atoms with Gasteiger partial charge in [0.05, 0.1) is 7.11 Å². The number of anilines is 2. The summed E-state index contributed by atoms with van der Waals surface area (Å²) in [6, 6.07) is 10.0. The second-order valence-corrected chi connectivity index (χ2v) is 8.08. The normalized spacial score (nSPS) is 16.8. The van der Waals surface area contributed by atoms with Crippen molar-refractivity contribution in [1.29, 1.82) is 0 Å². The zero-order valence-electron chi connectivity index (χ0n) is 18.0. The van der Waals surface area contributed by atoms with Crippen LogP contribution in [0.15, 0.2) is 30.3 Å². The molecule has 4 rings (SSSR count).